The summed E-state index contributed by atoms with van der Waals surface area (Å²) in [6, 6.07) is 8.99. The Morgan fingerprint density at radius 3 is 2.26 bits per heavy atom. The van der Waals surface area contributed by atoms with Gasteiger partial charge in [-0.3, -0.25) is 4.79 Å². The molecular formula is C26H43NO5SSi. The van der Waals surface area contributed by atoms with Gasteiger partial charge < -0.3 is 19.1 Å². The fourth-order valence-electron chi connectivity index (χ4n) is 4.84. The maximum Gasteiger partial charge on any atom is 0.311 e. The van der Waals surface area contributed by atoms with E-state index in [9.17, 15) is 14.5 Å². The van der Waals surface area contributed by atoms with E-state index in [2.05, 4.69) is 19.6 Å². The van der Waals surface area contributed by atoms with Gasteiger partial charge in [-0.25, -0.2) is 0 Å². The van der Waals surface area contributed by atoms with Gasteiger partial charge in [0, 0.05) is 26.0 Å². The largest absolute Gasteiger partial charge is 0.597 e. The van der Waals surface area contributed by atoms with Crippen LogP contribution in [0.25, 0.3) is 0 Å². The Labute approximate surface area is 209 Å². The number of nitrogens with zero attached hydrogens (tertiary/aromatic N) is 1. The number of carboxylic acids is 1. The highest BCUT2D eigenvalue weighted by Gasteiger charge is 2.54. The summed E-state index contributed by atoms with van der Waals surface area (Å²) in [4.78, 5) is 12.1. The normalized spacial score (nSPS) is 20.8. The molecule has 1 heterocycles. The summed E-state index contributed by atoms with van der Waals surface area (Å²) in [5, 5.41) is 9.92. The van der Waals surface area contributed by atoms with Crippen molar-refractivity contribution in [2.45, 2.75) is 88.3 Å². The summed E-state index contributed by atoms with van der Waals surface area (Å²) in [5.41, 5.74) is 1.32. The summed E-state index contributed by atoms with van der Waals surface area (Å²) in [6.07, 6.45) is 4.17. The Morgan fingerprint density at radius 2 is 1.82 bits per heavy atom. The van der Waals surface area contributed by atoms with Gasteiger partial charge in [-0.15, -0.1) is 0 Å². The molecule has 1 N–H and O–H groups in total. The lowest BCUT2D eigenvalue weighted by Crippen LogP contribution is -2.64. The van der Waals surface area contributed by atoms with Crippen LogP contribution in [-0.4, -0.2) is 59.3 Å². The van der Waals surface area contributed by atoms with Crippen LogP contribution in [0.1, 0.15) is 63.5 Å². The monoisotopic (exact) mass is 509 g/mol. The molecular weight excluding hydrogens is 466 g/mol. The van der Waals surface area contributed by atoms with Crippen LogP contribution in [0.15, 0.2) is 24.3 Å². The molecule has 1 aromatic rings. The number of hydrogen-bond acceptors (Lipinski definition) is 5. The molecule has 1 aliphatic carbocycles. The Kier molecular flexibility index (Phi) is 8.96. The van der Waals surface area contributed by atoms with E-state index in [1.165, 1.54) is 0 Å². The Hall–Kier alpha value is -0.903. The molecule has 0 aromatic heterocycles. The highest BCUT2D eigenvalue weighted by molar-refractivity contribution is 7.90. The third-order valence-corrected chi connectivity index (χ3v) is 10.6. The minimum absolute atomic E-state index is 0.203. The molecule has 2 aliphatic rings. The minimum Gasteiger partial charge on any atom is -0.597 e. The molecule has 34 heavy (non-hydrogen) atoms. The summed E-state index contributed by atoms with van der Waals surface area (Å²) in [5.74, 6) is -1.00. The first-order valence-electron chi connectivity index (χ1n) is 12.5. The van der Waals surface area contributed by atoms with Gasteiger partial charge in [-0.1, -0.05) is 61.1 Å². The molecule has 2 fully saturated rings. The number of hydrogen-bond donors (Lipinski definition) is 1. The molecule has 8 heteroatoms. The molecule has 1 aromatic carbocycles. The molecule has 2 unspecified atom stereocenters. The lowest BCUT2D eigenvalue weighted by atomic mass is 9.82. The van der Waals surface area contributed by atoms with E-state index >= 15 is 0 Å². The van der Waals surface area contributed by atoms with Gasteiger partial charge in [0.2, 0.25) is 0 Å². The molecule has 6 nitrogen and oxygen atoms in total. The molecule has 192 valence electrons. The van der Waals surface area contributed by atoms with Gasteiger partial charge in [0.15, 0.2) is 0 Å². The van der Waals surface area contributed by atoms with Crippen LogP contribution in [0.2, 0.25) is 25.7 Å². The lowest BCUT2D eigenvalue weighted by molar-refractivity contribution is -0.140. The van der Waals surface area contributed by atoms with E-state index in [0.29, 0.717) is 19.8 Å². The molecule has 3 rings (SSSR count). The van der Waals surface area contributed by atoms with E-state index in [1.54, 1.807) is 0 Å². The van der Waals surface area contributed by atoms with E-state index < -0.39 is 41.6 Å². The number of carboxylic acid groups (broad SMARTS) is 1. The average Bonchev–Trinajstić information content (AvgIpc) is 3.22. The van der Waals surface area contributed by atoms with Gasteiger partial charge in [-0.05, 0) is 56.7 Å². The second kappa shape index (κ2) is 11.0. The number of ether oxygens (including phenoxy) is 2. The van der Waals surface area contributed by atoms with E-state index in [4.69, 9.17) is 9.47 Å². The fourth-order valence-corrected chi connectivity index (χ4v) is 6.96. The van der Waals surface area contributed by atoms with Crippen molar-refractivity contribution in [3.63, 3.8) is 0 Å². The second-order valence-corrected chi connectivity index (χ2v) is 19.9. The van der Waals surface area contributed by atoms with Crippen LogP contribution < -0.4 is 0 Å². The predicted molar refractivity (Wildman–Crippen MR) is 140 cm³/mol. The van der Waals surface area contributed by atoms with Crippen LogP contribution in [0, 0.1) is 5.92 Å². The van der Waals surface area contributed by atoms with Gasteiger partial charge in [0.1, 0.15) is 17.0 Å². The molecule has 0 spiro atoms. The minimum atomic E-state index is -1.30. The molecule has 1 saturated carbocycles. The fraction of sp³-hybridized carbons (Fsp3) is 0.731. The van der Waals surface area contributed by atoms with Gasteiger partial charge >= 0.3 is 5.97 Å². The summed E-state index contributed by atoms with van der Waals surface area (Å²) >= 11 is -1.30. The zero-order valence-electron chi connectivity index (χ0n) is 21.8. The van der Waals surface area contributed by atoms with Crippen LogP contribution in [0.5, 0.6) is 0 Å². The number of rotatable bonds is 11. The smallest absolute Gasteiger partial charge is 0.311 e. The Morgan fingerprint density at radius 1 is 1.24 bits per heavy atom. The lowest BCUT2D eigenvalue weighted by Gasteiger charge is -2.50. The number of benzene rings is 1. The number of carbonyl (C=O) groups is 1. The third kappa shape index (κ3) is 6.45. The van der Waals surface area contributed by atoms with Crippen molar-refractivity contribution >= 4 is 25.4 Å². The van der Waals surface area contributed by atoms with Crippen molar-refractivity contribution < 1.29 is 23.9 Å². The third-order valence-electron chi connectivity index (χ3n) is 7.03. The number of aliphatic carboxylic acids is 1. The first kappa shape index (κ1) is 27.7. The zero-order chi connectivity index (χ0) is 25.1. The van der Waals surface area contributed by atoms with Crippen molar-refractivity contribution in [1.82, 2.24) is 4.31 Å². The van der Waals surface area contributed by atoms with Gasteiger partial charge in [0.05, 0.1) is 19.1 Å². The van der Waals surface area contributed by atoms with Crippen molar-refractivity contribution in [2.24, 2.45) is 5.92 Å². The van der Waals surface area contributed by atoms with Crippen molar-refractivity contribution in [2.75, 3.05) is 26.6 Å². The maximum absolute atomic E-state index is 13.6. The summed E-state index contributed by atoms with van der Waals surface area (Å²) in [7, 11) is -1.23. The van der Waals surface area contributed by atoms with E-state index in [0.717, 1.165) is 42.9 Å². The van der Waals surface area contributed by atoms with Gasteiger partial charge in [0.25, 0.3) is 0 Å². The van der Waals surface area contributed by atoms with E-state index in [1.807, 2.05) is 49.3 Å². The first-order valence-corrected chi connectivity index (χ1v) is 17.3. The molecule has 0 radical (unpaired) electrons. The quantitative estimate of drug-likeness (QED) is 0.187. The van der Waals surface area contributed by atoms with Crippen LogP contribution in [-0.2, 0) is 31.2 Å². The molecule has 0 bridgehead atoms. The highest BCUT2D eigenvalue weighted by atomic mass is 32.2. The predicted octanol–water partition coefficient (Wildman–Crippen LogP) is 5.35. The zero-order valence-corrected chi connectivity index (χ0v) is 23.6. The molecule has 2 atom stereocenters. The first-order chi connectivity index (χ1) is 15.8. The molecule has 0 amide bonds. The van der Waals surface area contributed by atoms with Crippen molar-refractivity contribution in [3.05, 3.63) is 35.4 Å². The van der Waals surface area contributed by atoms with Crippen molar-refractivity contribution in [1.29, 1.82) is 0 Å². The highest BCUT2D eigenvalue weighted by Crippen LogP contribution is 2.42. The van der Waals surface area contributed by atoms with Gasteiger partial charge in [-0.2, -0.15) is 0 Å². The average molecular weight is 510 g/mol. The van der Waals surface area contributed by atoms with Crippen LogP contribution >= 0.6 is 0 Å². The SMILES string of the molecule is CC(C)(C)[S+]([O-])N(COCC[Si](C)(C)C)C1(c2ccc(C(C(=O)O)C3CCCC3)cc2)COC1. The van der Waals surface area contributed by atoms with Crippen molar-refractivity contribution in [3.8, 4) is 0 Å². The van der Waals surface area contributed by atoms with Crippen LogP contribution in [0.3, 0.4) is 0 Å². The molecule has 1 saturated heterocycles. The molecule has 1 aliphatic heterocycles. The second-order valence-electron chi connectivity index (χ2n) is 12.1. The summed E-state index contributed by atoms with van der Waals surface area (Å²) in [6.45, 7) is 14.7. The van der Waals surface area contributed by atoms with Crippen LogP contribution in [0.4, 0.5) is 0 Å². The standard InChI is InChI=1S/C26H43NO5SSi/c1-25(2,3)33(30)27(19-31-15-16-34(4,5)6)26(17-32-18-26)22-13-11-21(12-14-22)23(24(28)29)20-9-7-8-10-20/h11-14,20,23H,7-10,15-19H2,1-6H3,(H,28,29). The van der Waals surface area contributed by atoms with E-state index in [-0.39, 0.29) is 12.6 Å². The Bertz CT molecular complexity index is 810. The summed E-state index contributed by atoms with van der Waals surface area (Å²) < 4.78 is 26.9. The topological polar surface area (TPSA) is 82.1 Å². The maximum atomic E-state index is 13.6. The Balaban J connectivity index is 1.84.